The highest BCUT2D eigenvalue weighted by Crippen LogP contribution is 2.32. The van der Waals surface area contributed by atoms with E-state index in [0.717, 1.165) is 37.6 Å². The maximum Gasteiger partial charge on any atom is 0.217 e. The largest absolute Gasteiger partial charge is 0.356 e. The smallest absolute Gasteiger partial charge is 0.217 e. The Morgan fingerprint density at radius 3 is 2.41 bits per heavy atom. The molecule has 2 aromatic rings. The van der Waals surface area contributed by atoms with Crippen LogP contribution in [0, 0.1) is 5.95 Å². The molecule has 1 aliphatic heterocycles. The monoisotopic (exact) mass is 301 g/mol. The summed E-state index contributed by atoms with van der Waals surface area (Å²) in [6, 6.07) is 3.20. The SMILES string of the molecule is Fc1ccnn1-c1cc(N2CCC2)nc(C2CCCCC2)n1. The van der Waals surface area contributed by atoms with Gasteiger partial charge in [-0.2, -0.15) is 14.2 Å². The second-order valence-electron chi connectivity index (χ2n) is 6.18. The third-order valence-corrected chi connectivity index (χ3v) is 4.68. The highest BCUT2D eigenvalue weighted by atomic mass is 19.1. The molecular weight excluding hydrogens is 281 g/mol. The minimum Gasteiger partial charge on any atom is -0.356 e. The van der Waals surface area contributed by atoms with E-state index in [1.165, 1.54) is 42.6 Å². The summed E-state index contributed by atoms with van der Waals surface area (Å²) in [7, 11) is 0. The number of nitrogens with zero attached hydrogens (tertiary/aromatic N) is 5. The van der Waals surface area contributed by atoms with Gasteiger partial charge in [-0.1, -0.05) is 19.3 Å². The first-order valence-electron chi connectivity index (χ1n) is 8.15. The van der Waals surface area contributed by atoms with Gasteiger partial charge in [0, 0.05) is 31.1 Å². The van der Waals surface area contributed by atoms with E-state index in [4.69, 9.17) is 4.98 Å². The maximum atomic E-state index is 13.9. The Kier molecular flexibility index (Phi) is 3.52. The number of rotatable bonds is 3. The van der Waals surface area contributed by atoms with Crippen LogP contribution >= 0.6 is 0 Å². The van der Waals surface area contributed by atoms with Crippen molar-refractivity contribution in [2.75, 3.05) is 18.0 Å². The predicted octanol–water partition coefficient (Wildman–Crippen LogP) is 3.06. The van der Waals surface area contributed by atoms with E-state index in [-0.39, 0.29) is 5.95 Å². The molecule has 2 aliphatic rings. The second kappa shape index (κ2) is 5.66. The number of anilines is 1. The van der Waals surface area contributed by atoms with Gasteiger partial charge in [-0.3, -0.25) is 0 Å². The van der Waals surface area contributed by atoms with E-state index in [1.54, 1.807) is 0 Å². The Labute approximate surface area is 129 Å². The molecule has 116 valence electrons. The molecule has 0 unspecified atom stereocenters. The van der Waals surface area contributed by atoms with Gasteiger partial charge in [-0.05, 0) is 19.3 Å². The number of aromatic nitrogens is 4. The molecule has 1 saturated heterocycles. The van der Waals surface area contributed by atoms with E-state index < -0.39 is 0 Å². The van der Waals surface area contributed by atoms with Gasteiger partial charge in [0.2, 0.25) is 5.95 Å². The Morgan fingerprint density at radius 2 is 1.77 bits per heavy atom. The van der Waals surface area contributed by atoms with Gasteiger partial charge in [0.25, 0.3) is 0 Å². The van der Waals surface area contributed by atoms with Gasteiger partial charge in [-0.15, -0.1) is 0 Å². The summed E-state index contributed by atoms with van der Waals surface area (Å²) in [4.78, 5) is 11.6. The number of hydrogen-bond acceptors (Lipinski definition) is 4. The van der Waals surface area contributed by atoms with Crippen molar-refractivity contribution in [3.8, 4) is 5.82 Å². The highest BCUT2D eigenvalue weighted by molar-refractivity contribution is 5.46. The van der Waals surface area contributed by atoms with Crippen molar-refractivity contribution >= 4 is 5.82 Å². The van der Waals surface area contributed by atoms with Crippen molar-refractivity contribution in [1.82, 2.24) is 19.7 Å². The molecule has 0 amide bonds. The van der Waals surface area contributed by atoms with Crippen LogP contribution in [0.5, 0.6) is 0 Å². The average Bonchev–Trinajstić information content (AvgIpc) is 2.92. The molecule has 3 heterocycles. The minimum absolute atomic E-state index is 0.386. The van der Waals surface area contributed by atoms with Gasteiger partial charge in [0.15, 0.2) is 5.82 Å². The second-order valence-corrected chi connectivity index (χ2v) is 6.18. The summed E-state index contributed by atoms with van der Waals surface area (Å²) < 4.78 is 15.1. The summed E-state index contributed by atoms with van der Waals surface area (Å²) in [6.45, 7) is 2.03. The minimum atomic E-state index is -0.386. The fourth-order valence-electron chi connectivity index (χ4n) is 3.25. The summed E-state index contributed by atoms with van der Waals surface area (Å²) in [6.07, 6.45) is 8.66. The summed E-state index contributed by atoms with van der Waals surface area (Å²) in [5.41, 5.74) is 0. The molecule has 0 N–H and O–H groups in total. The first-order chi connectivity index (χ1) is 10.8. The average molecular weight is 301 g/mol. The molecule has 2 fully saturated rings. The third-order valence-electron chi connectivity index (χ3n) is 4.68. The topological polar surface area (TPSA) is 46.8 Å². The molecule has 4 rings (SSSR count). The van der Waals surface area contributed by atoms with Crippen LogP contribution in [0.25, 0.3) is 5.82 Å². The molecule has 22 heavy (non-hydrogen) atoms. The lowest BCUT2D eigenvalue weighted by Crippen LogP contribution is -2.38. The van der Waals surface area contributed by atoms with Crippen molar-refractivity contribution in [3.63, 3.8) is 0 Å². The molecule has 2 aromatic heterocycles. The predicted molar refractivity (Wildman–Crippen MR) is 81.8 cm³/mol. The Morgan fingerprint density at radius 1 is 1.00 bits per heavy atom. The van der Waals surface area contributed by atoms with Gasteiger partial charge in [-0.25, -0.2) is 9.97 Å². The summed E-state index contributed by atoms with van der Waals surface area (Å²) >= 11 is 0. The van der Waals surface area contributed by atoms with Gasteiger partial charge >= 0.3 is 0 Å². The van der Waals surface area contributed by atoms with Crippen molar-refractivity contribution in [2.24, 2.45) is 0 Å². The Hall–Kier alpha value is -1.98. The first kappa shape index (κ1) is 13.7. The van der Waals surface area contributed by atoms with Crippen LogP contribution in [0.3, 0.4) is 0 Å². The zero-order chi connectivity index (χ0) is 14.9. The maximum absolute atomic E-state index is 13.9. The van der Waals surface area contributed by atoms with Gasteiger partial charge < -0.3 is 4.90 Å². The van der Waals surface area contributed by atoms with E-state index in [2.05, 4.69) is 15.0 Å². The molecule has 6 heteroatoms. The van der Waals surface area contributed by atoms with Crippen molar-refractivity contribution < 1.29 is 4.39 Å². The number of halogens is 1. The van der Waals surface area contributed by atoms with E-state index in [1.807, 2.05) is 6.07 Å². The lowest BCUT2D eigenvalue weighted by molar-refractivity contribution is 0.426. The first-order valence-corrected chi connectivity index (χ1v) is 8.15. The zero-order valence-corrected chi connectivity index (χ0v) is 12.6. The molecule has 0 radical (unpaired) electrons. The van der Waals surface area contributed by atoms with Crippen LogP contribution in [-0.4, -0.2) is 32.8 Å². The van der Waals surface area contributed by atoms with Crippen molar-refractivity contribution in [1.29, 1.82) is 0 Å². The summed E-state index contributed by atoms with van der Waals surface area (Å²) in [5.74, 6) is 2.32. The van der Waals surface area contributed by atoms with Crippen LogP contribution < -0.4 is 4.90 Å². The summed E-state index contributed by atoms with van der Waals surface area (Å²) in [5, 5.41) is 4.05. The van der Waals surface area contributed by atoms with Crippen LogP contribution in [0.15, 0.2) is 18.3 Å². The quantitative estimate of drug-likeness (QED) is 0.874. The van der Waals surface area contributed by atoms with Crippen molar-refractivity contribution in [2.45, 2.75) is 44.4 Å². The molecule has 0 aromatic carbocycles. The normalized spacial score (nSPS) is 19.2. The van der Waals surface area contributed by atoms with Crippen LogP contribution in [0.1, 0.15) is 50.3 Å². The van der Waals surface area contributed by atoms with E-state index in [0.29, 0.717) is 11.7 Å². The fraction of sp³-hybridized carbons (Fsp3) is 0.562. The molecule has 1 aliphatic carbocycles. The van der Waals surface area contributed by atoms with Gasteiger partial charge in [0.05, 0.1) is 6.20 Å². The van der Waals surface area contributed by atoms with Crippen LogP contribution in [0.2, 0.25) is 0 Å². The van der Waals surface area contributed by atoms with E-state index >= 15 is 0 Å². The number of hydrogen-bond donors (Lipinski definition) is 0. The van der Waals surface area contributed by atoms with Crippen LogP contribution in [0.4, 0.5) is 10.2 Å². The molecule has 0 bridgehead atoms. The van der Waals surface area contributed by atoms with Gasteiger partial charge in [0.1, 0.15) is 11.6 Å². The molecule has 1 saturated carbocycles. The highest BCUT2D eigenvalue weighted by Gasteiger charge is 2.23. The Bertz CT molecular complexity index is 658. The molecular formula is C16H20FN5. The third kappa shape index (κ3) is 2.46. The molecule has 5 nitrogen and oxygen atoms in total. The van der Waals surface area contributed by atoms with Crippen molar-refractivity contribution in [3.05, 3.63) is 30.1 Å². The fourth-order valence-corrected chi connectivity index (χ4v) is 3.25. The zero-order valence-electron chi connectivity index (χ0n) is 12.6. The standard InChI is InChI=1S/C16H20FN5/c17-13-7-8-18-22(13)15-11-14(21-9-4-10-21)19-16(20-15)12-5-2-1-3-6-12/h7-8,11-12H,1-6,9-10H2. The Balaban J connectivity index is 1.75. The lowest BCUT2D eigenvalue weighted by Gasteiger charge is -2.33. The molecule has 0 atom stereocenters. The lowest BCUT2D eigenvalue weighted by atomic mass is 9.88. The van der Waals surface area contributed by atoms with Crippen LogP contribution in [-0.2, 0) is 0 Å². The molecule has 0 spiro atoms. The van der Waals surface area contributed by atoms with E-state index in [9.17, 15) is 4.39 Å².